The van der Waals surface area contributed by atoms with Crippen molar-refractivity contribution in [2.24, 2.45) is 0 Å². The fourth-order valence-electron chi connectivity index (χ4n) is 2.60. The summed E-state index contributed by atoms with van der Waals surface area (Å²) < 4.78 is 4.79. The molecule has 3 N–H and O–H groups in total. The average Bonchev–Trinajstić information content (AvgIpc) is 2.36. The number of para-hydroxylation sites is 1. The highest BCUT2D eigenvalue weighted by atomic mass is 16.5. The van der Waals surface area contributed by atoms with Crippen molar-refractivity contribution >= 4 is 17.3 Å². The van der Waals surface area contributed by atoms with Crippen LogP contribution in [0.4, 0.5) is 11.4 Å². The summed E-state index contributed by atoms with van der Waals surface area (Å²) in [4.78, 5) is 13.8. The predicted octanol–water partition coefficient (Wildman–Crippen LogP) is 1.41. The fourth-order valence-corrected chi connectivity index (χ4v) is 2.60. The van der Waals surface area contributed by atoms with E-state index in [9.17, 15) is 9.90 Å². The zero-order valence-corrected chi connectivity index (χ0v) is 11.3. The Labute approximate surface area is 113 Å². The van der Waals surface area contributed by atoms with Crippen molar-refractivity contribution < 1.29 is 14.6 Å². The molecular formula is C14H20N2O3. The number of rotatable bonds is 2. The van der Waals surface area contributed by atoms with Crippen molar-refractivity contribution in [1.29, 1.82) is 0 Å². The number of carbonyl (C=O) groups excluding carboxylic acids is 1. The summed E-state index contributed by atoms with van der Waals surface area (Å²) >= 11 is 0. The Morgan fingerprint density at radius 1 is 1.53 bits per heavy atom. The highest BCUT2D eigenvalue weighted by Crippen LogP contribution is 2.33. The van der Waals surface area contributed by atoms with Gasteiger partial charge in [-0.05, 0) is 31.9 Å². The molecule has 1 aromatic carbocycles. The normalized spacial score (nSPS) is 23.2. The number of piperidine rings is 1. The van der Waals surface area contributed by atoms with Crippen LogP contribution >= 0.6 is 0 Å². The molecule has 1 aliphatic heterocycles. The standard InChI is InChI=1S/C14H20N2O3/c1-14(18)7-4-8-16(9-14)12-10(13(17)19-2)5-3-6-11(12)15/h3,5-6,18H,4,7-9,15H2,1-2H3. The number of nitrogens with zero attached hydrogens (tertiary/aromatic N) is 1. The van der Waals surface area contributed by atoms with Gasteiger partial charge in [-0.2, -0.15) is 0 Å². The van der Waals surface area contributed by atoms with Crippen LogP contribution in [-0.2, 0) is 4.74 Å². The van der Waals surface area contributed by atoms with Crippen LogP contribution < -0.4 is 10.6 Å². The van der Waals surface area contributed by atoms with Gasteiger partial charge in [0.1, 0.15) is 0 Å². The summed E-state index contributed by atoms with van der Waals surface area (Å²) in [6, 6.07) is 5.18. The SMILES string of the molecule is COC(=O)c1cccc(N)c1N1CCCC(C)(O)C1. The number of anilines is 2. The van der Waals surface area contributed by atoms with Crippen LogP contribution in [0.5, 0.6) is 0 Å². The van der Waals surface area contributed by atoms with Crippen molar-refractivity contribution in [2.45, 2.75) is 25.4 Å². The van der Waals surface area contributed by atoms with E-state index in [1.807, 2.05) is 4.90 Å². The maximum Gasteiger partial charge on any atom is 0.340 e. The number of nitrogen functional groups attached to an aromatic ring is 1. The van der Waals surface area contributed by atoms with Crippen LogP contribution in [0.2, 0.25) is 0 Å². The van der Waals surface area contributed by atoms with Crippen LogP contribution in [0, 0.1) is 0 Å². The fraction of sp³-hybridized carbons (Fsp3) is 0.500. The van der Waals surface area contributed by atoms with E-state index in [1.165, 1.54) is 7.11 Å². The molecule has 1 unspecified atom stereocenters. The molecule has 0 saturated carbocycles. The van der Waals surface area contributed by atoms with Crippen molar-refractivity contribution in [3.63, 3.8) is 0 Å². The van der Waals surface area contributed by atoms with Gasteiger partial charge in [0.2, 0.25) is 0 Å². The highest BCUT2D eigenvalue weighted by Gasteiger charge is 2.31. The van der Waals surface area contributed by atoms with Crippen LogP contribution in [0.25, 0.3) is 0 Å². The minimum absolute atomic E-state index is 0.410. The Morgan fingerprint density at radius 3 is 2.89 bits per heavy atom. The average molecular weight is 264 g/mol. The molecule has 5 nitrogen and oxygen atoms in total. The monoisotopic (exact) mass is 264 g/mol. The minimum Gasteiger partial charge on any atom is -0.465 e. The summed E-state index contributed by atoms with van der Waals surface area (Å²) in [6.07, 6.45) is 1.62. The molecule has 0 bridgehead atoms. The maximum absolute atomic E-state index is 11.8. The lowest BCUT2D eigenvalue weighted by atomic mass is 9.94. The molecule has 1 saturated heterocycles. The summed E-state index contributed by atoms with van der Waals surface area (Å²) in [5.74, 6) is -0.410. The molecule has 1 aliphatic rings. The topological polar surface area (TPSA) is 75.8 Å². The Bertz CT molecular complexity index is 486. The largest absolute Gasteiger partial charge is 0.465 e. The molecule has 2 rings (SSSR count). The molecule has 5 heteroatoms. The van der Waals surface area contributed by atoms with Crippen LogP contribution in [0.15, 0.2) is 18.2 Å². The van der Waals surface area contributed by atoms with Gasteiger partial charge >= 0.3 is 5.97 Å². The summed E-state index contributed by atoms with van der Waals surface area (Å²) in [5, 5.41) is 10.2. The maximum atomic E-state index is 11.8. The second-order valence-corrected chi connectivity index (χ2v) is 5.26. The third-order valence-electron chi connectivity index (χ3n) is 3.46. The third-order valence-corrected chi connectivity index (χ3v) is 3.46. The highest BCUT2D eigenvalue weighted by molar-refractivity contribution is 5.99. The number of hydrogen-bond acceptors (Lipinski definition) is 5. The van der Waals surface area contributed by atoms with Gasteiger partial charge < -0.3 is 20.5 Å². The molecule has 104 valence electrons. The first kappa shape index (κ1) is 13.7. The lowest BCUT2D eigenvalue weighted by Gasteiger charge is -2.39. The molecule has 0 amide bonds. The van der Waals surface area contributed by atoms with Gasteiger partial charge in [0.25, 0.3) is 0 Å². The number of methoxy groups -OCH3 is 1. The first-order valence-corrected chi connectivity index (χ1v) is 6.39. The zero-order chi connectivity index (χ0) is 14.0. The van der Waals surface area contributed by atoms with Crippen LogP contribution in [-0.4, -0.2) is 36.9 Å². The van der Waals surface area contributed by atoms with E-state index in [2.05, 4.69) is 0 Å². The summed E-state index contributed by atoms with van der Waals surface area (Å²) in [5.41, 5.74) is 6.88. The smallest absolute Gasteiger partial charge is 0.340 e. The minimum atomic E-state index is -0.756. The predicted molar refractivity (Wildman–Crippen MR) is 74.3 cm³/mol. The molecule has 1 fully saturated rings. The molecule has 0 aliphatic carbocycles. The van der Waals surface area contributed by atoms with Crippen molar-refractivity contribution in [1.82, 2.24) is 0 Å². The zero-order valence-electron chi connectivity index (χ0n) is 11.3. The number of ether oxygens (including phenoxy) is 1. The van der Waals surface area contributed by atoms with Gasteiger partial charge in [0.05, 0.1) is 29.6 Å². The Kier molecular flexibility index (Phi) is 3.66. The van der Waals surface area contributed by atoms with Crippen molar-refractivity contribution in [3.05, 3.63) is 23.8 Å². The first-order valence-electron chi connectivity index (χ1n) is 6.39. The number of hydrogen-bond donors (Lipinski definition) is 2. The molecular weight excluding hydrogens is 244 g/mol. The van der Waals surface area contributed by atoms with Gasteiger partial charge in [-0.3, -0.25) is 0 Å². The molecule has 1 aromatic rings. The van der Waals surface area contributed by atoms with E-state index in [-0.39, 0.29) is 0 Å². The quantitative estimate of drug-likeness (QED) is 0.624. The van der Waals surface area contributed by atoms with E-state index < -0.39 is 11.6 Å². The van der Waals surface area contributed by atoms with Gasteiger partial charge in [-0.25, -0.2) is 4.79 Å². The second-order valence-electron chi connectivity index (χ2n) is 5.26. The number of carbonyl (C=O) groups is 1. The Hall–Kier alpha value is -1.75. The summed E-state index contributed by atoms with van der Waals surface area (Å²) in [6.45, 7) is 3.04. The number of aliphatic hydroxyl groups is 1. The van der Waals surface area contributed by atoms with E-state index in [0.29, 0.717) is 23.5 Å². The molecule has 0 spiro atoms. The first-order chi connectivity index (χ1) is 8.94. The molecule has 19 heavy (non-hydrogen) atoms. The Balaban J connectivity index is 2.40. The number of nitrogens with two attached hydrogens (primary N) is 1. The van der Waals surface area contributed by atoms with E-state index in [0.717, 1.165) is 19.4 Å². The van der Waals surface area contributed by atoms with Crippen LogP contribution in [0.3, 0.4) is 0 Å². The van der Waals surface area contributed by atoms with Crippen molar-refractivity contribution in [3.8, 4) is 0 Å². The number of esters is 1. The lowest BCUT2D eigenvalue weighted by Crippen LogP contribution is -2.46. The Morgan fingerprint density at radius 2 is 2.26 bits per heavy atom. The molecule has 1 heterocycles. The van der Waals surface area contributed by atoms with Gasteiger partial charge in [0.15, 0.2) is 0 Å². The molecule has 0 aromatic heterocycles. The van der Waals surface area contributed by atoms with E-state index >= 15 is 0 Å². The molecule has 0 radical (unpaired) electrons. The van der Waals surface area contributed by atoms with E-state index in [1.54, 1.807) is 25.1 Å². The van der Waals surface area contributed by atoms with Gasteiger partial charge in [-0.15, -0.1) is 0 Å². The third kappa shape index (κ3) is 2.81. The van der Waals surface area contributed by atoms with Crippen molar-refractivity contribution in [2.75, 3.05) is 30.8 Å². The summed E-state index contributed by atoms with van der Waals surface area (Å²) in [7, 11) is 1.35. The number of benzene rings is 1. The number of β-amino-alcohol motifs (C(OH)–C–C–N with tert-alkyl or cyclic N) is 1. The lowest BCUT2D eigenvalue weighted by molar-refractivity contribution is 0.0445. The molecule has 1 atom stereocenters. The van der Waals surface area contributed by atoms with Crippen LogP contribution in [0.1, 0.15) is 30.1 Å². The second kappa shape index (κ2) is 5.09. The van der Waals surface area contributed by atoms with E-state index in [4.69, 9.17) is 10.5 Å². The van der Waals surface area contributed by atoms with Gasteiger partial charge in [-0.1, -0.05) is 6.07 Å². The van der Waals surface area contributed by atoms with Gasteiger partial charge in [0, 0.05) is 13.1 Å².